The van der Waals surface area contributed by atoms with Crippen LogP contribution in [0.1, 0.15) is 40.0 Å². The lowest BCUT2D eigenvalue weighted by atomic mass is 9.66. The van der Waals surface area contributed by atoms with Gasteiger partial charge in [-0.15, -0.1) is 0 Å². The molecule has 0 N–H and O–H groups in total. The molecule has 2 nitrogen and oxygen atoms in total. The van der Waals surface area contributed by atoms with E-state index < -0.39 is 0 Å². The van der Waals surface area contributed by atoms with E-state index in [-0.39, 0.29) is 22.0 Å². The highest BCUT2D eigenvalue weighted by Crippen LogP contribution is 2.69. The van der Waals surface area contributed by atoms with E-state index in [2.05, 4.69) is 13.8 Å². The van der Waals surface area contributed by atoms with Crippen LogP contribution >= 0.6 is 0 Å². The van der Waals surface area contributed by atoms with E-state index >= 15 is 0 Å². The van der Waals surface area contributed by atoms with Gasteiger partial charge >= 0.3 is 0 Å². The molecule has 2 aliphatic rings. The number of carbonyl (C=O) groups is 2. The van der Waals surface area contributed by atoms with Gasteiger partial charge in [0.2, 0.25) is 0 Å². The Morgan fingerprint density at radius 2 is 1.85 bits per heavy atom. The van der Waals surface area contributed by atoms with Crippen LogP contribution in [0.4, 0.5) is 0 Å². The number of hydrogen-bond donors (Lipinski definition) is 0. The zero-order valence-electron chi connectivity index (χ0n) is 8.52. The van der Waals surface area contributed by atoms with Crippen molar-refractivity contribution in [3.05, 3.63) is 0 Å². The van der Waals surface area contributed by atoms with E-state index in [9.17, 15) is 9.59 Å². The standard InChI is InChI=1S/C11H16O2/c1-9(2)10(3)4-5-11(9,7-12)6-8(10)13/h7H,4-6H2,1-3H3/t10-,11-/m0/s1. The first-order chi connectivity index (χ1) is 5.90. The second-order valence-electron chi connectivity index (χ2n) is 5.33. The molecule has 0 aliphatic heterocycles. The van der Waals surface area contributed by atoms with Crippen molar-refractivity contribution in [2.24, 2.45) is 16.2 Å². The quantitative estimate of drug-likeness (QED) is 0.578. The van der Waals surface area contributed by atoms with Crippen LogP contribution in [0.25, 0.3) is 0 Å². The molecule has 2 heteroatoms. The Kier molecular flexibility index (Phi) is 1.40. The minimum Gasteiger partial charge on any atom is -0.303 e. The molecular weight excluding hydrogens is 164 g/mol. The van der Waals surface area contributed by atoms with Gasteiger partial charge in [0, 0.05) is 17.3 Å². The summed E-state index contributed by atoms with van der Waals surface area (Å²) >= 11 is 0. The van der Waals surface area contributed by atoms with Gasteiger partial charge < -0.3 is 4.79 Å². The minimum absolute atomic E-state index is 0.140. The van der Waals surface area contributed by atoms with Gasteiger partial charge in [0.05, 0.1) is 0 Å². The summed E-state index contributed by atoms with van der Waals surface area (Å²) in [4.78, 5) is 22.9. The average molecular weight is 180 g/mol. The number of hydrogen-bond acceptors (Lipinski definition) is 2. The van der Waals surface area contributed by atoms with Crippen LogP contribution < -0.4 is 0 Å². The van der Waals surface area contributed by atoms with Crippen molar-refractivity contribution < 1.29 is 9.59 Å². The summed E-state index contributed by atoms with van der Waals surface area (Å²) in [5.41, 5.74) is -0.731. The first kappa shape index (κ1) is 8.92. The molecule has 2 saturated carbocycles. The third kappa shape index (κ3) is 0.673. The molecule has 0 saturated heterocycles. The first-order valence-electron chi connectivity index (χ1n) is 4.89. The normalized spacial score (nSPS) is 46.8. The lowest BCUT2D eigenvalue weighted by Gasteiger charge is -2.36. The van der Waals surface area contributed by atoms with E-state index in [1.807, 2.05) is 6.92 Å². The molecule has 72 valence electrons. The van der Waals surface area contributed by atoms with Crippen LogP contribution in [-0.2, 0) is 9.59 Å². The maximum atomic E-state index is 11.8. The third-order valence-corrected chi connectivity index (χ3v) is 5.01. The molecule has 0 unspecified atom stereocenters. The number of aldehydes is 1. The Hall–Kier alpha value is -0.660. The van der Waals surface area contributed by atoms with E-state index in [1.165, 1.54) is 0 Å². The molecule has 0 aromatic rings. The molecule has 2 bridgehead atoms. The molecule has 2 atom stereocenters. The highest BCUT2D eigenvalue weighted by atomic mass is 16.1. The highest BCUT2D eigenvalue weighted by Gasteiger charge is 2.69. The maximum absolute atomic E-state index is 11.8. The fourth-order valence-corrected chi connectivity index (χ4v) is 3.17. The predicted molar refractivity (Wildman–Crippen MR) is 49.2 cm³/mol. The Morgan fingerprint density at radius 1 is 1.23 bits per heavy atom. The summed E-state index contributed by atoms with van der Waals surface area (Å²) in [6, 6.07) is 0. The van der Waals surface area contributed by atoms with Gasteiger partial charge in [-0.2, -0.15) is 0 Å². The molecule has 2 fully saturated rings. The van der Waals surface area contributed by atoms with Crippen molar-refractivity contribution in [2.75, 3.05) is 0 Å². The average Bonchev–Trinajstić information content (AvgIpc) is 2.34. The van der Waals surface area contributed by atoms with Crippen molar-refractivity contribution in [3.63, 3.8) is 0 Å². The zero-order chi connectivity index (χ0) is 9.91. The Labute approximate surface area is 78.7 Å². The minimum atomic E-state index is -0.348. The summed E-state index contributed by atoms with van der Waals surface area (Å²) in [5.74, 6) is 0.288. The second-order valence-corrected chi connectivity index (χ2v) is 5.33. The number of fused-ring (bicyclic) bond motifs is 2. The van der Waals surface area contributed by atoms with E-state index in [0.717, 1.165) is 19.1 Å². The highest BCUT2D eigenvalue weighted by molar-refractivity contribution is 5.94. The van der Waals surface area contributed by atoms with Gasteiger partial charge in [-0.3, -0.25) is 4.79 Å². The van der Waals surface area contributed by atoms with E-state index in [4.69, 9.17) is 0 Å². The van der Waals surface area contributed by atoms with Gasteiger partial charge in [-0.05, 0) is 18.3 Å². The largest absolute Gasteiger partial charge is 0.303 e. The Bertz CT molecular complexity index is 292. The van der Waals surface area contributed by atoms with Gasteiger partial charge in [-0.1, -0.05) is 20.8 Å². The topological polar surface area (TPSA) is 34.1 Å². The maximum Gasteiger partial charge on any atom is 0.140 e. The summed E-state index contributed by atoms with van der Waals surface area (Å²) < 4.78 is 0. The lowest BCUT2D eigenvalue weighted by molar-refractivity contribution is -0.128. The molecule has 0 spiro atoms. The van der Waals surface area contributed by atoms with Crippen LogP contribution in [0.3, 0.4) is 0 Å². The van der Waals surface area contributed by atoms with Crippen LogP contribution in [0.2, 0.25) is 0 Å². The molecule has 0 amide bonds. The summed E-state index contributed by atoms with van der Waals surface area (Å²) in [5, 5.41) is 0. The van der Waals surface area contributed by atoms with E-state index in [0.29, 0.717) is 6.42 Å². The number of carbonyl (C=O) groups excluding carboxylic acids is 2. The van der Waals surface area contributed by atoms with Gasteiger partial charge in [0.25, 0.3) is 0 Å². The number of rotatable bonds is 1. The molecule has 0 radical (unpaired) electrons. The van der Waals surface area contributed by atoms with Crippen molar-refractivity contribution >= 4 is 12.1 Å². The van der Waals surface area contributed by atoms with Crippen molar-refractivity contribution in [1.29, 1.82) is 0 Å². The molecule has 0 aromatic carbocycles. The third-order valence-electron chi connectivity index (χ3n) is 5.01. The SMILES string of the molecule is CC1(C)[C@@]2(C=O)CC[C@@]1(C)C(=O)C2. The Balaban J connectivity index is 2.59. The number of ketones is 1. The lowest BCUT2D eigenvalue weighted by Crippen LogP contribution is -2.36. The van der Waals surface area contributed by atoms with Crippen molar-refractivity contribution in [2.45, 2.75) is 40.0 Å². The fraction of sp³-hybridized carbons (Fsp3) is 0.818. The summed E-state index contributed by atoms with van der Waals surface area (Å²) in [6.07, 6.45) is 3.28. The summed E-state index contributed by atoms with van der Waals surface area (Å²) in [7, 11) is 0. The first-order valence-corrected chi connectivity index (χ1v) is 4.89. The van der Waals surface area contributed by atoms with Crippen LogP contribution in [0.15, 0.2) is 0 Å². The molecule has 2 rings (SSSR count). The second kappa shape index (κ2) is 2.05. The van der Waals surface area contributed by atoms with Crippen molar-refractivity contribution in [3.8, 4) is 0 Å². The molecule has 0 aromatic heterocycles. The van der Waals surface area contributed by atoms with Gasteiger partial charge in [0.15, 0.2) is 0 Å². The van der Waals surface area contributed by atoms with Crippen LogP contribution in [-0.4, -0.2) is 12.1 Å². The molecular formula is C11H16O2. The summed E-state index contributed by atoms with van der Waals surface area (Å²) in [6.45, 7) is 6.16. The van der Waals surface area contributed by atoms with Crippen LogP contribution in [0.5, 0.6) is 0 Å². The number of Topliss-reactive ketones (excluding diaryl/α,β-unsaturated/α-hetero) is 1. The van der Waals surface area contributed by atoms with Gasteiger partial charge in [-0.25, -0.2) is 0 Å². The van der Waals surface area contributed by atoms with Gasteiger partial charge in [0.1, 0.15) is 12.1 Å². The monoisotopic (exact) mass is 180 g/mol. The van der Waals surface area contributed by atoms with E-state index in [1.54, 1.807) is 0 Å². The predicted octanol–water partition coefficient (Wildman–Crippen LogP) is 1.97. The van der Waals surface area contributed by atoms with Crippen molar-refractivity contribution in [1.82, 2.24) is 0 Å². The zero-order valence-corrected chi connectivity index (χ0v) is 8.52. The smallest absolute Gasteiger partial charge is 0.140 e. The molecule has 0 heterocycles. The fourth-order valence-electron chi connectivity index (χ4n) is 3.17. The molecule has 2 aliphatic carbocycles. The molecule has 13 heavy (non-hydrogen) atoms. The van der Waals surface area contributed by atoms with Crippen LogP contribution in [0, 0.1) is 16.2 Å². The Morgan fingerprint density at radius 3 is 2.08 bits per heavy atom.